The number of rotatable bonds is 1. The predicted octanol–water partition coefficient (Wildman–Crippen LogP) is 0.291. The molecule has 0 atom stereocenters. The Bertz CT molecular complexity index is 97.6. The molecule has 0 aromatic heterocycles. The summed E-state index contributed by atoms with van der Waals surface area (Å²) in [6, 6.07) is 0. The minimum atomic E-state index is 0.727. The van der Waals surface area contributed by atoms with Crippen molar-refractivity contribution in [3.8, 4) is 0 Å². The average Bonchev–Trinajstić information content (AvgIpc) is 2.14. The topological polar surface area (TPSA) is 6.48 Å². The summed E-state index contributed by atoms with van der Waals surface area (Å²) in [5.41, 5.74) is 0. The molecule has 0 spiro atoms. The van der Waals surface area contributed by atoms with Crippen molar-refractivity contribution in [2.75, 3.05) is 33.2 Å². The molecule has 0 bridgehead atoms. The molecule has 1 heterocycles. The van der Waals surface area contributed by atoms with Crippen LogP contribution in [0.3, 0.4) is 0 Å². The van der Waals surface area contributed by atoms with Gasteiger partial charge >= 0.3 is 69.5 Å². The molecular weight excluding hydrogens is 191 g/mol. The van der Waals surface area contributed by atoms with Crippen LogP contribution in [0.4, 0.5) is 0 Å². The van der Waals surface area contributed by atoms with Crippen LogP contribution in [-0.2, 0) is 0 Å². The average molecular weight is 207 g/mol. The van der Waals surface area contributed by atoms with E-state index in [2.05, 4.69) is 21.7 Å². The fraction of sp³-hybridized carbons (Fsp3) is 1.00. The van der Waals surface area contributed by atoms with Crippen molar-refractivity contribution in [2.45, 2.75) is 12.2 Å². The molecule has 1 aliphatic heterocycles. The molecule has 1 saturated heterocycles. The van der Waals surface area contributed by atoms with Gasteiger partial charge in [-0.3, -0.25) is 0 Å². The fourth-order valence-corrected chi connectivity index (χ4v) is 2.41. The minimum absolute atomic E-state index is 0.727. The molecule has 0 saturated carbocycles. The number of hydrogen-bond acceptors (Lipinski definition) is 2. The molecule has 10 heavy (non-hydrogen) atoms. The van der Waals surface area contributed by atoms with Crippen molar-refractivity contribution in [3.05, 3.63) is 0 Å². The molecule has 0 aromatic rings. The second kappa shape index (κ2) is 4.34. The Labute approximate surface area is 69.9 Å². The molecule has 0 aliphatic carbocycles. The Morgan fingerprint density at radius 3 is 2.60 bits per heavy atom. The molecule has 0 N–H and O–H groups in total. The summed E-state index contributed by atoms with van der Waals surface area (Å²) in [5.74, 6) is 2.30. The van der Waals surface area contributed by atoms with Crippen molar-refractivity contribution >= 4 is 15.2 Å². The Morgan fingerprint density at radius 2 is 1.90 bits per heavy atom. The Hall–Kier alpha value is 0.439. The van der Waals surface area contributed by atoms with Crippen LogP contribution in [0.2, 0.25) is 5.82 Å². The van der Waals surface area contributed by atoms with Gasteiger partial charge < -0.3 is 0 Å². The molecule has 0 radical (unpaired) electrons. The van der Waals surface area contributed by atoms with E-state index < -0.39 is 0 Å². The zero-order chi connectivity index (χ0) is 7.40. The van der Waals surface area contributed by atoms with E-state index in [1.807, 2.05) is 0 Å². The summed E-state index contributed by atoms with van der Waals surface area (Å²) in [4.78, 5) is 2.42. The molecule has 60 valence electrons. The third-order valence-corrected chi connectivity index (χ3v) is 3.79. The third kappa shape index (κ3) is 2.59. The predicted molar refractivity (Wildman–Crippen MR) is 45.3 cm³/mol. The molecule has 1 aliphatic rings. The van der Waals surface area contributed by atoms with E-state index in [0.29, 0.717) is 0 Å². The zero-order valence-corrected chi connectivity index (χ0v) is 8.55. The maximum absolute atomic E-state index is 2.58. The summed E-state index contributed by atoms with van der Waals surface area (Å²) in [6.45, 7) is 5.15. The first-order valence-corrected chi connectivity index (χ1v) is 6.28. The quantitative estimate of drug-likeness (QED) is 0.570. The van der Waals surface area contributed by atoms with Crippen LogP contribution in [0.1, 0.15) is 6.42 Å². The van der Waals surface area contributed by atoms with Gasteiger partial charge in [0.1, 0.15) is 0 Å². The first-order chi connectivity index (χ1) is 4.83. The second-order valence-electron chi connectivity index (χ2n) is 2.77. The van der Waals surface area contributed by atoms with Crippen LogP contribution in [-0.4, -0.2) is 57.2 Å². The van der Waals surface area contributed by atoms with Crippen molar-refractivity contribution in [3.63, 3.8) is 0 Å². The maximum atomic E-state index is 2.58. The molecule has 0 amide bonds. The first-order valence-electron chi connectivity index (χ1n) is 3.80. The summed E-state index contributed by atoms with van der Waals surface area (Å²) in [6.07, 6.45) is 1.35. The van der Waals surface area contributed by atoms with E-state index in [4.69, 9.17) is 0 Å². The van der Waals surface area contributed by atoms with Gasteiger partial charge in [-0.05, 0) is 0 Å². The van der Waals surface area contributed by atoms with Crippen LogP contribution >= 0.6 is 0 Å². The van der Waals surface area contributed by atoms with E-state index in [1.54, 1.807) is 0 Å². The Balaban J connectivity index is 2.26. The van der Waals surface area contributed by atoms with Crippen molar-refractivity contribution in [1.82, 2.24) is 8.82 Å². The summed E-state index contributed by atoms with van der Waals surface area (Å²) >= 11 is 0.727. The summed E-state index contributed by atoms with van der Waals surface area (Å²) < 4.78 is 2.58. The SMILES string of the molecule is C[Se]N1CCCN(C)CC1. The standard InChI is InChI=1S/C7H16N2Se/c1-8-4-3-5-9(10-2)7-6-8/h3-7H2,1-2H3. The van der Waals surface area contributed by atoms with Gasteiger partial charge in [-0.15, -0.1) is 0 Å². The second-order valence-corrected chi connectivity index (χ2v) is 4.62. The van der Waals surface area contributed by atoms with Crippen LogP contribution in [0, 0.1) is 0 Å². The van der Waals surface area contributed by atoms with Gasteiger partial charge in [0.2, 0.25) is 0 Å². The Kier molecular flexibility index (Phi) is 3.71. The molecular formula is C7H16N2Se. The molecule has 0 aromatic carbocycles. The van der Waals surface area contributed by atoms with Crippen LogP contribution in [0.15, 0.2) is 0 Å². The third-order valence-electron chi connectivity index (χ3n) is 1.94. The van der Waals surface area contributed by atoms with Crippen molar-refractivity contribution < 1.29 is 0 Å². The van der Waals surface area contributed by atoms with Crippen LogP contribution in [0.25, 0.3) is 0 Å². The monoisotopic (exact) mass is 208 g/mol. The summed E-state index contributed by atoms with van der Waals surface area (Å²) in [5, 5.41) is 0. The number of hydrogen-bond donors (Lipinski definition) is 0. The van der Waals surface area contributed by atoms with Gasteiger partial charge in [-0.1, -0.05) is 0 Å². The van der Waals surface area contributed by atoms with Gasteiger partial charge in [0.25, 0.3) is 0 Å². The van der Waals surface area contributed by atoms with Gasteiger partial charge in [-0.25, -0.2) is 0 Å². The number of likely N-dealkylation sites (N-methyl/N-ethyl adjacent to an activating group) is 1. The summed E-state index contributed by atoms with van der Waals surface area (Å²) in [7, 11) is 2.21. The molecule has 1 fully saturated rings. The van der Waals surface area contributed by atoms with Crippen LogP contribution in [0.5, 0.6) is 0 Å². The van der Waals surface area contributed by atoms with Gasteiger partial charge in [0, 0.05) is 0 Å². The van der Waals surface area contributed by atoms with Crippen molar-refractivity contribution in [1.29, 1.82) is 0 Å². The van der Waals surface area contributed by atoms with Crippen molar-refractivity contribution in [2.24, 2.45) is 0 Å². The Morgan fingerprint density at radius 1 is 1.10 bits per heavy atom. The van der Waals surface area contributed by atoms with Crippen LogP contribution < -0.4 is 0 Å². The van der Waals surface area contributed by atoms with E-state index in [0.717, 1.165) is 15.2 Å². The fourth-order valence-electron chi connectivity index (χ4n) is 1.21. The zero-order valence-electron chi connectivity index (χ0n) is 6.84. The van der Waals surface area contributed by atoms with Gasteiger partial charge in [0.05, 0.1) is 0 Å². The first kappa shape index (κ1) is 8.54. The molecule has 1 rings (SSSR count). The number of nitrogens with zero attached hydrogens (tertiary/aromatic N) is 2. The van der Waals surface area contributed by atoms with E-state index in [9.17, 15) is 0 Å². The van der Waals surface area contributed by atoms with E-state index in [1.165, 1.54) is 32.6 Å². The molecule has 3 heteroatoms. The van der Waals surface area contributed by atoms with Gasteiger partial charge in [-0.2, -0.15) is 0 Å². The molecule has 0 unspecified atom stereocenters. The van der Waals surface area contributed by atoms with Gasteiger partial charge in [0.15, 0.2) is 0 Å². The van der Waals surface area contributed by atoms with E-state index in [-0.39, 0.29) is 0 Å². The molecule has 2 nitrogen and oxygen atoms in total. The van der Waals surface area contributed by atoms with E-state index >= 15 is 0 Å². The normalized spacial score (nSPS) is 24.6.